The van der Waals surface area contributed by atoms with Gasteiger partial charge >= 0.3 is 5.97 Å². The summed E-state index contributed by atoms with van der Waals surface area (Å²) in [6.07, 6.45) is 0. The fourth-order valence-electron chi connectivity index (χ4n) is 2.67. The average Bonchev–Trinajstić information content (AvgIpc) is 2.93. The van der Waals surface area contributed by atoms with Gasteiger partial charge in [-0.1, -0.05) is 6.07 Å². The molecule has 1 N–H and O–H groups in total. The quantitative estimate of drug-likeness (QED) is 0.724. The number of furan rings is 1. The second-order valence-corrected chi connectivity index (χ2v) is 5.41. The number of aromatic hydroxyl groups is 1. The first-order valence-corrected chi connectivity index (χ1v) is 7.62. The molecule has 0 atom stereocenters. The molecule has 3 aromatic rings. The van der Waals surface area contributed by atoms with E-state index in [2.05, 4.69) is 0 Å². The summed E-state index contributed by atoms with van der Waals surface area (Å²) in [4.78, 5) is 12.5. The van der Waals surface area contributed by atoms with E-state index in [1.807, 2.05) is 25.1 Å². The molecule has 1 aromatic heterocycles. The van der Waals surface area contributed by atoms with Crippen molar-refractivity contribution < 1.29 is 23.8 Å². The maximum atomic E-state index is 12.5. The molecule has 0 fully saturated rings. The van der Waals surface area contributed by atoms with E-state index in [0.29, 0.717) is 28.0 Å². The smallest absolute Gasteiger partial charge is 0.342 e. The number of ether oxygens (including phenoxy) is 2. The zero-order valence-corrected chi connectivity index (χ0v) is 13.8. The van der Waals surface area contributed by atoms with Crippen LogP contribution in [0.3, 0.4) is 0 Å². The van der Waals surface area contributed by atoms with E-state index in [4.69, 9.17) is 13.9 Å². The number of benzene rings is 2. The summed E-state index contributed by atoms with van der Waals surface area (Å²) < 4.78 is 16.5. The number of carbonyl (C=O) groups is 1. The SMILES string of the molecule is CCOC(=O)c1c(-c2ccc(C)cc2OC)oc2ccc(O)cc12. The zero-order chi connectivity index (χ0) is 17.3. The predicted octanol–water partition coefficient (Wildman–Crippen LogP) is 4.30. The highest BCUT2D eigenvalue weighted by molar-refractivity contribution is 6.09. The number of phenols is 1. The van der Waals surface area contributed by atoms with Crippen LogP contribution in [0.1, 0.15) is 22.8 Å². The van der Waals surface area contributed by atoms with E-state index >= 15 is 0 Å². The predicted molar refractivity (Wildman–Crippen MR) is 90.6 cm³/mol. The molecule has 0 amide bonds. The first kappa shape index (κ1) is 15.9. The highest BCUT2D eigenvalue weighted by Gasteiger charge is 2.25. The minimum absolute atomic E-state index is 0.0521. The summed E-state index contributed by atoms with van der Waals surface area (Å²) in [5, 5.41) is 10.3. The van der Waals surface area contributed by atoms with Gasteiger partial charge in [0.25, 0.3) is 0 Å². The fraction of sp³-hybridized carbons (Fsp3) is 0.211. The van der Waals surface area contributed by atoms with Gasteiger partial charge in [0.05, 0.1) is 19.3 Å². The number of hydrogen-bond donors (Lipinski definition) is 1. The number of phenolic OH excluding ortho intramolecular Hbond substituents is 1. The Morgan fingerprint density at radius 1 is 1.21 bits per heavy atom. The Morgan fingerprint density at radius 3 is 2.71 bits per heavy atom. The van der Waals surface area contributed by atoms with Crippen molar-refractivity contribution in [3.05, 3.63) is 47.5 Å². The van der Waals surface area contributed by atoms with Crippen molar-refractivity contribution in [3.63, 3.8) is 0 Å². The highest BCUT2D eigenvalue weighted by atomic mass is 16.5. The van der Waals surface area contributed by atoms with Gasteiger partial charge in [0, 0.05) is 5.39 Å². The minimum atomic E-state index is -0.500. The summed E-state index contributed by atoms with van der Waals surface area (Å²) in [7, 11) is 1.57. The van der Waals surface area contributed by atoms with E-state index in [1.54, 1.807) is 20.1 Å². The van der Waals surface area contributed by atoms with Gasteiger partial charge in [-0.2, -0.15) is 0 Å². The molecule has 0 saturated carbocycles. The number of hydrogen-bond acceptors (Lipinski definition) is 5. The Labute approximate surface area is 139 Å². The molecular weight excluding hydrogens is 308 g/mol. The van der Waals surface area contributed by atoms with Crippen molar-refractivity contribution in [2.24, 2.45) is 0 Å². The molecule has 0 aliphatic carbocycles. The summed E-state index contributed by atoms with van der Waals surface area (Å²) in [5.41, 5.74) is 2.46. The molecule has 3 rings (SSSR count). The van der Waals surface area contributed by atoms with Crippen LogP contribution in [0.15, 0.2) is 40.8 Å². The van der Waals surface area contributed by atoms with E-state index < -0.39 is 5.97 Å². The molecule has 5 nitrogen and oxygen atoms in total. The monoisotopic (exact) mass is 326 g/mol. The van der Waals surface area contributed by atoms with Crippen molar-refractivity contribution in [2.75, 3.05) is 13.7 Å². The third-order valence-electron chi connectivity index (χ3n) is 3.75. The summed E-state index contributed by atoms with van der Waals surface area (Å²) in [5.74, 6) is 0.519. The molecule has 0 saturated heterocycles. The molecule has 0 bridgehead atoms. The molecule has 0 radical (unpaired) electrons. The van der Waals surface area contributed by atoms with Gasteiger partial charge in [0.15, 0.2) is 5.76 Å². The van der Waals surface area contributed by atoms with Crippen LogP contribution in [0.2, 0.25) is 0 Å². The normalized spacial score (nSPS) is 10.8. The van der Waals surface area contributed by atoms with Gasteiger partial charge in [-0.25, -0.2) is 4.79 Å². The molecule has 124 valence electrons. The van der Waals surface area contributed by atoms with Gasteiger partial charge < -0.3 is 19.0 Å². The molecule has 0 spiro atoms. The summed E-state index contributed by atoms with van der Waals surface area (Å²) in [6.45, 7) is 3.94. The first-order valence-electron chi connectivity index (χ1n) is 7.62. The largest absolute Gasteiger partial charge is 0.508 e. The van der Waals surface area contributed by atoms with Crippen LogP contribution in [0.25, 0.3) is 22.3 Å². The summed E-state index contributed by atoms with van der Waals surface area (Å²) >= 11 is 0. The number of carbonyl (C=O) groups excluding carboxylic acids is 1. The minimum Gasteiger partial charge on any atom is -0.508 e. The highest BCUT2D eigenvalue weighted by Crippen LogP contribution is 2.40. The lowest BCUT2D eigenvalue weighted by Gasteiger charge is -2.09. The van der Waals surface area contributed by atoms with Crippen molar-refractivity contribution >= 4 is 16.9 Å². The standard InChI is InChI=1S/C19H18O5/c1-4-23-19(21)17-14-10-12(20)6-8-15(14)24-18(17)13-7-5-11(2)9-16(13)22-3/h5-10,20H,4H2,1-3H3. The van der Waals surface area contributed by atoms with E-state index in [-0.39, 0.29) is 17.9 Å². The Bertz CT molecular complexity index is 908. The zero-order valence-electron chi connectivity index (χ0n) is 13.8. The topological polar surface area (TPSA) is 68.9 Å². The van der Waals surface area contributed by atoms with Crippen LogP contribution in [0.4, 0.5) is 0 Å². The van der Waals surface area contributed by atoms with Gasteiger partial charge in [0.1, 0.15) is 22.6 Å². The third kappa shape index (κ3) is 2.69. The number of esters is 1. The second-order valence-electron chi connectivity index (χ2n) is 5.41. The van der Waals surface area contributed by atoms with Crippen LogP contribution in [-0.2, 0) is 4.74 Å². The second kappa shape index (κ2) is 6.28. The van der Waals surface area contributed by atoms with Crippen LogP contribution < -0.4 is 4.74 Å². The molecule has 0 unspecified atom stereocenters. The lowest BCUT2D eigenvalue weighted by molar-refractivity contribution is 0.0529. The average molecular weight is 326 g/mol. The van der Waals surface area contributed by atoms with Crippen molar-refractivity contribution in [3.8, 4) is 22.8 Å². The van der Waals surface area contributed by atoms with E-state index in [0.717, 1.165) is 5.56 Å². The van der Waals surface area contributed by atoms with Crippen LogP contribution in [-0.4, -0.2) is 24.8 Å². The molecule has 2 aromatic carbocycles. The van der Waals surface area contributed by atoms with Crippen molar-refractivity contribution in [2.45, 2.75) is 13.8 Å². The molecule has 5 heteroatoms. The number of fused-ring (bicyclic) bond motifs is 1. The molecular formula is C19H18O5. The Morgan fingerprint density at radius 2 is 2.00 bits per heavy atom. The Balaban J connectivity index is 2.31. The maximum absolute atomic E-state index is 12.5. The lowest BCUT2D eigenvalue weighted by Crippen LogP contribution is -2.05. The van der Waals surface area contributed by atoms with Gasteiger partial charge in [-0.05, 0) is 49.7 Å². The van der Waals surface area contributed by atoms with Crippen molar-refractivity contribution in [1.82, 2.24) is 0 Å². The fourth-order valence-corrected chi connectivity index (χ4v) is 2.67. The molecule has 0 aliphatic heterocycles. The third-order valence-corrected chi connectivity index (χ3v) is 3.75. The van der Waals surface area contributed by atoms with E-state index in [9.17, 15) is 9.90 Å². The molecule has 0 aliphatic rings. The lowest BCUT2D eigenvalue weighted by atomic mass is 10.0. The first-order chi connectivity index (χ1) is 11.5. The van der Waals surface area contributed by atoms with Gasteiger partial charge in [-0.3, -0.25) is 0 Å². The van der Waals surface area contributed by atoms with Crippen LogP contribution in [0, 0.1) is 6.92 Å². The van der Waals surface area contributed by atoms with Crippen LogP contribution in [0.5, 0.6) is 11.5 Å². The van der Waals surface area contributed by atoms with Gasteiger partial charge in [-0.15, -0.1) is 0 Å². The number of methoxy groups -OCH3 is 1. The Kier molecular flexibility index (Phi) is 4.16. The van der Waals surface area contributed by atoms with E-state index in [1.165, 1.54) is 12.1 Å². The molecule has 1 heterocycles. The Hall–Kier alpha value is -2.95. The summed E-state index contributed by atoms with van der Waals surface area (Å²) in [6, 6.07) is 10.3. The van der Waals surface area contributed by atoms with Gasteiger partial charge in [0.2, 0.25) is 0 Å². The van der Waals surface area contributed by atoms with Crippen LogP contribution >= 0.6 is 0 Å². The maximum Gasteiger partial charge on any atom is 0.342 e. The van der Waals surface area contributed by atoms with Crippen molar-refractivity contribution in [1.29, 1.82) is 0 Å². The molecule has 24 heavy (non-hydrogen) atoms. The number of aryl methyl sites for hydroxylation is 1. The number of rotatable bonds is 4.